The molecule has 14 heavy (non-hydrogen) atoms. The molecule has 0 aromatic heterocycles. The standard InChI is InChI=1S/C10H12Cl2N2/c11-7-1-2-9(12)10(5-7)14-8-3-4-13-6-8/h1-2,5,8,13-14H,3-4,6H2. The predicted octanol–water partition coefficient (Wildman–Crippen LogP) is 2.77. The normalized spacial score (nSPS) is 21.1. The molecule has 0 aliphatic carbocycles. The molecule has 4 heteroatoms. The van der Waals surface area contributed by atoms with Gasteiger partial charge in [-0.15, -0.1) is 0 Å². The van der Waals surface area contributed by atoms with Gasteiger partial charge >= 0.3 is 0 Å². The lowest BCUT2D eigenvalue weighted by molar-refractivity contribution is 0.793. The number of hydrogen-bond donors (Lipinski definition) is 2. The minimum Gasteiger partial charge on any atom is -0.380 e. The highest BCUT2D eigenvalue weighted by molar-refractivity contribution is 6.35. The van der Waals surface area contributed by atoms with E-state index in [1.807, 2.05) is 12.1 Å². The Morgan fingerprint density at radius 3 is 2.93 bits per heavy atom. The molecule has 1 atom stereocenters. The van der Waals surface area contributed by atoms with Gasteiger partial charge in [0.25, 0.3) is 0 Å². The zero-order chi connectivity index (χ0) is 9.97. The number of halogens is 2. The summed E-state index contributed by atoms with van der Waals surface area (Å²) in [4.78, 5) is 0. The first-order valence-electron chi connectivity index (χ1n) is 4.68. The van der Waals surface area contributed by atoms with Crippen molar-refractivity contribution in [2.24, 2.45) is 0 Å². The molecule has 1 aliphatic heterocycles. The minimum absolute atomic E-state index is 0.464. The highest BCUT2D eigenvalue weighted by Gasteiger charge is 2.14. The molecule has 1 heterocycles. The Labute approximate surface area is 93.6 Å². The molecule has 2 nitrogen and oxygen atoms in total. The number of rotatable bonds is 2. The Bertz CT molecular complexity index is 322. The van der Waals surface area contributed by atoms with E-state index >= 15 is 0 Å². The lowest BCUT2D eigenvalue weighted by Gasteiger charge is -2.14. The number of nitrogens with one attached hydrogen (secondary N) is 2. The lowest BCUT2D eigenvalue weighted by atomic mass is 10.2. The van der Waals surface area contributed by atoms with Crippen molar-refractivity contribution >= 4 is 28.9 Å². The summed E-state index contributed by atoms with van der Waals surface area (Å²) in [5.41, 5.74) is 0.924. The van der Waals surface area contributed by atoms with Crippen LogP contribution in [0.25, 0.3) is 0 Å². The van der Waals surface area contributed by atoms with Crippen LogP contribution in [0.2, 0.25) is 10.0 Å². The van der Waals surface area contributed by atoms with E-state index in [-0.39, 0.29) is 0 Å². The molecule has 0 bridgehead atoms. The van der Waals surface area contributed by atoms with Crippen LogP contribution in [0.15, 0.2) is 18.2 Å². The van der Waals surface area contributed by atoms with Crippen molar-refractivity contribution in [2.45, 2.75) is 12.5 Å². The maximum absolute atomic E-state index is 6.03. The Morgan fingerprint density at radius 1 is 1.36 bits per heavy atom. The van der Waals surface area contributed by atoms with Gasteiger partial charge in [-0.2, -0.15) is 0 Å². The average molecular weight is 231 g/mol. The number of anilines is 1. The molecule has 0 saturated carbocycles. The molecular formula is C10H12Cl2N2. The Kier molecular flexibility index (Phi) is 3.16. The molecule has 0 amide bonds. The molecule has 0 spiro atoms. The first-order chi connectivity index (χ1) is 6.75. The lowest BCUT2D eigenvalue weighted by Crippen LogP contribution is -2.22. The second-order valence-electron chi connectivity index (χ2n) is 3.46. The van der Waals surface area contributed by atoms with Crippen molar-refractivity contribution in [1.29, 1.82) is 0 Å². The fourth-order valence-corrected chi connectivity index (χ4v) is 1.95. The van der Waals surface area contributed by atoms with Crippen molar-refractivity contribution < 1.29 is 0 Å². The van der Waals surface area contributed by atoms with Crippen LogP contribution in [0, 0.1) is 0 Å². The summed E-state index contributed by atoms with van der Waals surface area (Å²) in [6.07, 6.45) is 1.13. The van der Waals surface area contributed by atoms with Crippen LogP contribution in [-0.2, 0) is 0 Å². The van der Waals surface area contributed by atoms with E-state index < -0.39 is 0 Å². The van der Waals surface area contributed by atoms with Gasteiger partial charge in [-0.05, 0) is 31.2 Å². The largest absolute Gasteiger partial charge is 0.380 e. The van der Waals surface area contributed by atoms with Crippen molar-refractivity contribution in [1.82, 2.24) is 5.32 Å². The van der Waals surface area contributed by atoms with E-state index in [0.29, 0.717) is 11.1 Å². The van der Waals surface area contributed by atoms with Gasteiger partial charge in [-0.3, -0.25) is 0 Å². The molecule has 76 valence electrons. The SMILES string of the molecule is Clc1ccc(Cl)c(NC2CCNC2)c1. The summed E-state index contributed by atoms with van der Waals surface area (Å²) in [6.45, 7) is 2.05. The molecule has 2 N–H and O–H groups in total. The van der Waals surface area contributed by atoms with Gasteiger partial charge in [0, 0.05) is 17.6 Å². The van der Waals surface area contributed by atoms with Gasteiger partial charge in [0.2, 0.25) is 0 Å². The van der Waals surface area contributed by atoms with Gasteiger partial charge in [0.1, 0.15) is 0 Å². The van der Waals surface area contributed by atoms with Gasteiger partial charge in [-0.25, -0.2) is 0 Å². The molecule has 2 rings (SSSR count). The molecule has 1 fully saturated rings. The topological polar surface area (TPSA) is 24.1 Å². The van der Waals surface area contributed by atoms with E-state index in [1.54, 1.807) is 6.07 Å². The summed E-state index contributed by atoms with van der Waals surface area (Å²) < 4.78 is 0. The fraction of sp³-hybridized carbons (Fsp3) is 0.400. The van der Waals surface area contributed by atoms with Gasteiger partial charge in [-0.1, -0.05) is 23.2 Å². The first kappa shape index (κ1) is 10.1. The quantitative estimate of drug-likeness (QED) is 0.817. The van der Waals surface area contributed by atoms with E-state index in [9.17, 15) is 0 Å². The van der Waals surface area contributed by atoms with Gasteiger partial charge < -0.3 is 10.6 Å². The average Bonchev–Trinajstić information content (AvgIpc) is 2.64. The van der Waals surface area contributed by atoms with Crippen LogP contribution >= 0.6 is 23.2 Å². The minimum atomic E-state index is 0.464. The van der Waals surface area contributed by atoms with Gasteiger partial charge in [0.15, 0.2) is 0 Å². The van der Waals surface area contributed by atoms with Crippen LogP contribution in [-0.4, -0.2) is 19.1 Å². The van der Waals surface area contributed by atoms with E-state index in [4.69, 9.17) is 23.2 Å². The van der Waals surface area contributed by atoms with Crippen LogP contribution in [0.3, 0.4) is 0 Å². The van der Waals surface area contributed by atoms with Crippen LogP contribution in [0.5, 0.6) is 0 Å². The Hall–Kier alpha value is -0.440. The van der Waals surface area contributed by atoms with Crippen molar-refractivity contribution in [3.05, 3.63) is 28.2 Å². The van der Waals surface area contributed by atoms with Crippen LogP contribution in [0.4, 0.5) is 5.69 Å². The predicted molar refractivity (Wildman–Crippen MR) is 61.4 cm³/mol. The summed E-state index contributed by atoms with van der Waals surface area (Å²) >= 11 is 11.9. The van der Waals surface area contributed by atoms with Crippen LogP contribution < -0.4 is 10.6 Å². The molecule has 1 aromatic carbocycles. The van der Waals surface area contributed by atoms with Crippen molar-refractivity contribution in [3.63, 3.8) is 0 Å². The maximum Gasteiger partial charge on any atom is 0.0638 e. The monoisotopic (exact) mass is 230 g/mol. The summed E-state index contributed by atoms with van der Waals surface area (Å²) in [7, 11) is 0. The van der Waals surface area contributed by atoms with Crippen molar-refractivity contribution in [2.75, 3.05) is 18.4 Å². The summed E-state index contributed by atoms with van der Waals surface area (Å²) in [6, 6.07) is 5.93. The zero-order valence-electron chi connectivity index (χ0n) is 7.69. The second-order valence-corrected chi connectivity index (χ2v) is 4.30. The van der Waals surface area contributed by atoms with E-state index in [1.165, 1.54) is 0 Å². The molecule has 1 saturated heterocycles. The fourth-order valence-electron chi connectivity index (χ4n) is 1.61. The smallest absolute Gasteiger partial charge is 0.0638 e. The molecule has 0 radical (unpaired) electrons. The summed E-state index contributed by atoms with van der Waals surface area (Å²) in [5, 5.41) is 8.09. The second kappa shape index (κ2) is 4.39. The van der Waals surface area contributed by atoms with E-state index in [2.05, 4.69) is 10.6 Å². The number of hydrogen-bond acceptors (Lipinski definition) is 2. The summed E-state index contributed by atoms with van der Waals surface area (Å²) in [5.74, 6) is 0. The van der Waals surface area contributed by atoms with E-state index in [0.717, 1.165) is 30.2 Å². The Balaban J connectivity index is 2.10. The Morgan fingerprint density at radius 2 is 2.21 bits per heavy atom. The molecule has 1 aliphatic rings. The first-order valence-corrected chi connectivity index (χ1v) is 5.43. The third-order valence-electron chi connectivity index (χ3n) is 2.35. The molecular weight excluding hydrogens is 219 g/mol. The highest BCUT2D eigenvalue weighted by Crippen LogP contribution is 2.26. The third kappa shape index (κ3) is 2.32. The zero-order valence-corrected chi connectivity index (χ0v) is 9.20. The number of benzene rings is 1. The molecule has 1 unspecified atom stereocenters. The highest BCUT2D eigenvalue weighted by atomic mass is 35.5. The van der Waals surface area contributed by atoms with Crippen molar-refractivity contribution in [3.8, 4) is 0 Å². The maximum atomic E-state index is 6.03. The van der Waals surface area contributed by atoms with Crippen LogP contribution in [0.1, 0.15) is 6.42 Å². The third-order valence-corrected chi connectivity index (χ3v) is 2.91. The molecule has 1 aromatic rings. The van der Waals surface area contributed by atoms with Gasteiger partial charge in [0.05, 0.1) is 10.7 Å².